The highest BCUT2D eigenvalue weighted by atomic mass is 35.5. The van der Waals surface area contributed by atoms with Crippen LogP contribution in [-0.2, 0) is 14.3 Å². The normalized spacial score (nSPS) is 17.8. The Kier molecular flexibility index (Phi) is 10.6. The fourth-order valence-electron chi connectivity index (χ4n) is 4.93. The summed E-state index contributed by atoms with van der Waals surface area (Å²) in [4.78, 5) is 38.8. The molecule has 206 valence electrons. The molecule has 2 aromatic heterocycles. The molecular formula is C27H42ClN5O4. The molecule has 3 atom stereocenters. The zero-order chi connectivity index (χ0) is 27.2. The van der Waals surface area contributed by atoms with Crippen molar-refractivity contribution in [2.24, 2.45) is 5.92 Å². The van der Waals surface area contributed by atoms with E-state index in [0.29, 0.717) is 42.2 Å². The van der Waals surface area contributed by atoms with Gasteiger partial charge in [-0.1, -0.05) is 58.1 Å². The van der Waals surface area contributed by atoms with Crippen molar-refractivity contribution in [1.82, 2.24) is 24.6 Å². The largest absolute Gasteiger partial charge is 0.341 e. The van der Waals surface area contributed by atoms with Crippen molar-refractivity contribution in [2.75, 3.05) is 27.3 Å². The van der Waals surface area contributed by atoms with Crippen molar-refractivity contribution in [2.45, 2.75) is 96.9 Å². The predicted molar refractivity (Wildman–Crippen MR) is 144 cm³/mol. The molecule has 0 amide bonds. The van der Waals surface area contributed by atoms with Gasteiger partial charge >= 0.3 is 0 Å². The highest BCUT2D eigenvalue weighted by Gasteiger charge is 2.49. The van der Waals surface area contributed by atoms with E-state index in [9.17, 15) is 9.59 Å². The summed E-state index contributed by atoms with van der Waals surface area (Å²) in [6.45, 7) is 9.02. The van der Waals surface area contributed by atoms with Gasteiger partial charge in [-0.2, -0.15) is 5.10 Å². The summed E-state index contributed by atoms with van der Waals surface area (Å²) < 4.78 is 13.5. The summed E-state index contributed by atoms with van der Waals surface area (Å²) in [6.07, 6.45) is 7.42. The van der Waals surface area contributed by atoms with Crippen molar-refractivity contribution in [3.05, 3.63) is 17.2 Å². The van der Waals surface area contributed by atoms with Crippen molar-refractivity contribution < 1.29 is 19.1 Å². The lowest BCUT2D eigenvalue weighted by Gasteiger charge is -2.30. The molecule has 0 spiro atoms. The maximum atomic E-state index is 13.8. The van der Waals surface area contributed by atoms with Crippen LogP contribution >= 0.6 is 11.6 Å². The first-order valence-electron chi connectivity index (χ1n) is 13.6. The number of likely N-dealkylation sites (N-methyl/N-ethyl adjacent to an activating group) is 1. The van der Waals surface area contributed by atoms with Crippen LogP contribution in [0.1, 0.15) is 95.7 Å². The Labute approximate surface area is 225 Å². The maximum absolute atomic E-state index is 13.8. The highest BCUT2D eigenvalue weighted by Crippen LogP contribution is 2.33. The van der Waals surface area contributed by atoms with Crippen molar-refractivity contribution in [3.63, 3.8) is 0 Å². The minimum absolute atomic E-state index is 0.00275. The number of ketones is 2. The minimum Gasteiger partial charge on any atom is -0.341 e. The van der Waals surface area contributed by atoms with Crippen molar-refractivity contribution >= 4 is 34.2 Å². The van der Waals surface area contributed by atoms with E-state index in [1.165, 1.54) is 0 Å². The molecule has 0 aromatic carbocycles. The predicted octanol–water partition coefficient (Wildman–Crippen LogP) is 5.26. The summed E-state index contributed by atoms with van der Waals surface area (Å²) in [5.41, 5.74) is 0.506. The summed E-state index contributed by atoms with van der Waals surface area (Å²) in [7, 11) is 4.05. The van der Waals surface area contributed by atoms with Gasteiger partial charge in [0.05, 0.1) is 30.6 Å². The standard InChI is InChI=1S/C27H42ClN5O4/c1-7-10-13-19(23(35)27(14-11-8-2)36-15-16-37-27)22(34)25-29-17-20-24(28)31-33(26(20)30-25)21(12-9-3)18(4)32(5)6/h17-19,21H,7-16H2,1-6H3. The van der Waals surface area contributed by atoms with Crippen LogP contribution in [0, 0.1) is 5.92 Å². The van der Waals surface area contributed by atoms with Crippen LogP contribution in [0.4, 0.5) is 0 Å². The van der Waals surface area contributed by atoms with Gasteiger partial charge in [-0.25, -0.2) is 14.6 Å². The summed E-state index contributed by atoms with van der Waals surface area (Å²) in [5.74, 6) is -3.04. The van der Waals surface area contributed by atoms with Crippen LogP contribution in [0.15, 0.2) is 6.20 Å². The number of ether oxygens (including phenoxy) is 2. The fourth-order valence-corrected chi connectivity index (χ4v) is 5.15. The topological polar surface area (TPSA) is 99.4 Å². The van der Waals surface area contributed by atoms with E-state index in [2.05, 4.69) is 33.8 Å². The van der Waals surface area contributed by atoms with E-state index in [1.54, 1.807) is 6.20 Å². The van der Waals surface area contributed by atoms with E-state index in [4.69, 9.17) is 21.1 Å². The lowest BCUT2D eigenvalue weighted by molar-refractivity contribution is -0.186. The number of carbonyl (C=O) groups excluding carboxylic acids is 2. The molecule has 1 saturated heterocycles. The number of fused-ring (bicyclic) bond motifs is 1. The summed E-state index contributed by atoms with van der Waals surface area (Å²) in [5, 5.41) is 5.47. The lowest BCUT2D eigenvalue weighted by atomic mass is 9.86. The number of Topliss-reactive ketones (excluding diaryl/α,β-unsaturated/α-hetero) is 2. The first-order valence-corrected chi connectivity index (χ1v) is 14.0. The van der Waals surface area contributed by atoms with Crippen LogP contribution in [0.2, 0.25) is 5.15 Å². The van der Waals surface area contributed by atoms with Crippen LogP contribution in [0.3, 0.4) is 0 Å². The second-order valence-corrected chi connectivity index (χ2v) is 10.6. The molecule has 0 N–H and O–H groups in total. The Morgan fingerprint density at radius 3 is 2.38 bits per heavy atom. The van der Waals surface area contributed by atoms with E-state index in [-0.39, 0.29) is 23.7 Å². The number of aromatic nitrogens is 4. The molecule has 0 aliphatic carbocycles. The van der Waals surface area contributed by atoms with Gasteiger partial charge in [-0.15, -0.1) is 0 Å². The molecule has 1 aliphatic rings. The molecule has 0 bridgehead atoms. The van der Waals surface area contributed by atoms with Crippen LogP contribution in [0.25, 0.3) is 11.0 Å². The average Bonchev–Trinajstić information content (AvgIpc) is 3.50. The van der Waals surface area contributed by atoms with E-state index < -0.39 is 17.5 Å². The SMILES string of the molecule is CCCCC(C(=O)c1ncc2c(Cl)nn(C(CCC)C(C)N(C)C)c2n1)C(=O)C1(CCCC)OCCO1. The molecule has 10 heteroatoms. The Hall–Kier alpha value is -1.94. The van der Waals surface area contributed by atoms with E-state index in [0.717, 1.165) is 38.5 Å². The molecule has 1 aliphatic heterocycles. The van der Waals surface area contributed by atoms with Gasteiger partial charge in [0.25, 0.3) is 0 Å². The zero-order valence-electron chi connectivity index (χ0n) is 23.1. The molecule has 0 radical (unpaired) electrons. The van der Waals surface area contributed by atoms with Gasteiger partial charge in [0, 0.05) is 18.7 Å². The summed E-state index contributed by atoms with van der Waals surface area (Å²) >= 11 is 6.47. The maximum Gasteiger partial charge on any atom is 0.229 e. The van der Waals surface area contributed by atoms with Gasteiger partial charge < -0.3 is 14.4 Å². The molecule has 1 fully saturated rings. The molecule has 2 aromatic rings. The molecule has 37 heavy (non-hydrogen) atoms. The molecule has 3 heterocycles. The van der Waals surface area contributed by atoms with Gasteiger partial charge in [-0.05, 0) is 40.3 Å². The number of carbonyl (C=O) groups is 2. The number of hydrogen-bond donors (Lipinski definition) is 0. The Morgan fingerprint density at radius 1 is 1.11 bits per heavy atom. The second kappa shape index (κ2) is 13.2. The third kappa shape index (κ3) is 6.38. The van der Waals surface area contributed by atoms with Gasteiger partial charge in [0.2, 0.25) is 17.4 Å². The molecule has 3 unspecified atom stereocenters. The second-order valence-electron chi connectivity index (χ2n) is 10.2. The third-order valence-electron chi connectivity index (χ3n) is 7.36. The van der Waals surface area contributed by atoms with Gasteiger partial charge in [0.15, 0.2) is 16.6 Å². The van der Waals surface area contributed by atoms with Crippen molar-refractivity contribution in [3.8, 4) is 0 Å². The van der Waals surface area contributed by atoms with Crippen LogP contribution < -0.4 is 0 Å². The average molecular weight is 536 g/mol. The Bertz CT molecular complexity index is 1070. The first-order chi connectivity index (χ1) is 17.7. The molecular weight excluding hydrogens is 494 g/mol. The summed E-state index contributed by atoms with van der Waals surface area (Å²) in [6, 6.07) is 0.158. The zero-order valence-corrected chi connectivity index (χ0v) is 23.9. The number of halogens is 1. The number of nitrogens with zero attached hydrogens (tertiary/aromatic N) is 5. The van der Waals surface area contributed by atoms with Crippen molar-refractivity contribution in [1.29, 1.82) is 0 Å². The first kappa shape index (κ1) is 29.6. The van der Waals surface area contributed by atoms with Gasteiger partial charge in [0.1, 0.15) is 0 Å². The quantitative estimate of drug-likeness (QED) is 0.225. The molecule has 3 rings (SSSR count). The fraction of sp³-hybridized carbons (Fsp3) is 0.741. The van der Waals surface area contributed by atoms with Crippen LogP contribution in [-0.4, -0.2) is 75.4 Å². The lowest BCUT2D eigenvalue weighted by Crippen LogP contribution is -2.46. The number of rotatable bonds is 15. The van der Waals surface area contributed by atoms with E-state index >= 15 is 0 Å². The number of unbranched alkanes of at least 4 members (excludes halogenated alkanes) is 2. The Morgan fingerprint density at radius 2 is 1.78 bits per heavy atom. The molecule has 0 saturated carbocycles. The van der Waals surface area contributed by atoms with Crippen LogP contribution in [0.5, 0.6) is 0 Å². The Balaban J connectivity index is 2.03. The number of hydrogen-bond acceptors (Lipinski definition) is 8. The highest BCUT2D eigenvalue weighted by molar-refractivity contribution is 6.34. The molecule has 9 nitrogen and oxygen atoms in total. The smallest absolute Gasteiger partial charge is 0.229 e. The third-order valence-corrected chi connectivity index (χ3v) is 7.64. The monoisotopic (exact) mass is 535 g/mol. The van der Waals surface area contributed by atoms with Gasteiger partial charge in [-0.3, -0.25) is 9.59 Å². The van der Waals surface area contributed by atoms with E-state index in [1.807, 2.05) is 32.6 Å². The minimum atomic E-state index is -1.37.